The summed E-state index contributed by atoms with van der Waals surface area (Å²) in [4.78, 5) is 26.6. The molecule has 2 aliphatic rings. The molecule has 2 aromatic carbocycles. The third kappa shape index (κ3) is 5.79. The van der Waals surface area contributed by atoms with Gasteiger partial charge in [0.05, 0.1) is 5.60 Å². The van der Waals surface area contributed by atoms with E-state index in [1.807, 2.05) is 19.1 Å². The molecule has 0 amide bonds. The topological polar surface area (TPSA) is 63.6 Å². The predicted octanol–water partition coefficient (Wildman–Crippen LogP) is 6.72. The fourth-order valence-corrected chi connectivity index (χ4v) is 13.5. The Balaban J connectivity index is 1.57. The average molecular weight is 577 g/mol. The van der Waals surface area contributed by atoms with Gasteiger partial charge in [-0.05, 0) is 64.8 Å². The molecule has 0 radical (unpaired) electrons. The van der Waals surface area contributed by atoms with Crippen LogP contribution in [0.25, 0.3) is 0 Å². The number of fused-ring (bicyclic) bond motifs is 1. The van der Waals surface area contributed by atoms with Gasteiger partial charge in [0.1, 0.15) is 12.1 Å². The van der Waals surface area contributed by atoms with E-state index < -0.39 is 19.3 Å². The van der Waals surface area contributed by atoms with Gasteiger partial charge < -0.3 is 14.3 Å². The van der Waals surface area contributed by atoms with Gasteiger partial charge in [-0.25, -0.2) is 0 Å². The van der Waals surface area contributed by atoms with E-state index in [4.69, 9.17) is 4.43 Å². The fraction of sp³-hybridized carbons (Fsp3) is 0.611. The molecule has 0 heterocycles. The van der Waals surface area contributed by atoms with E-state index >= 15 is 0 Å². The molecule has 224 valence electrons. The molecule has 2 fully saturated rings. The monoisotopic (exact) mass is 576 g/mol. The first-order chi connectivity index (χ1) is 19.0. The molecule has 5 heteroatoms. The van der Waals surface area contributed by atoms with Crippen molar-refractivity contribution in [2.75, 3.05) is 6.61 Å². The van der Waals surface area contributed by atoms with Crippen LogP contribution in [0.2, 0.25) is 5.04 Å². The lowest BCUT2D eigenvalue weighted by atomic mass is 9.55. The second kappa shape index (κ2) is 11.2. The molecule has 0 unspecified atom stereocenters. The number of ketones is 1. The number of benzene rings is 2. The maximum Gasteiger partial charge on any atom is 0.261 e. The Morgan fingerprint density at radius 1 is 0.951 bits per heavy atom. The van der Waals surface area contributed by atoms with Crippen molar-refractivity contribution in [1.29, 1.82) is 0 Å². The summed E-state index contributed by atoms with van der Waals surface area (Å²) in [5.41, 5.74) is -2.06. The van der Waals surface area contributed by atoms with Crippen LogP contribution in [-0.4, -0.2) is 37.7 Å². The van der Waals surface area contributed by atoms with Crippen LogP contribution in [0, 0.1) is 28.1 Å². The van der Waals surface area contributed by atoms with E-state index in [0.29, 0.717) is 18.9 Å². The van der Waals surface area contributed by atoms with Crippen molar-refractivity contribution in [3.8, 4) is 0 Å². The van der Waals surface area contributed by atoms with Gasteiger partial charge >= 0.3 is 0 Å². The minimum atomic E-state index is -2.74. The summed E-state index contributed by atoms with van der Waals surface area (Å²) in [7, 11) is -2.74. The zero-order valence-corrected chi connectivity index (χ0v) is 27.6. The van der Waals surface area contributed by atoms with E-state index in [9.17, 15) is 14.7 Å². The highest BCUT2D eigenvalue weighted by Gasteiger charge is 2.64. The summed E-state index contributed by atoms with van der Waals surface area (Å²) >= 11 is 0. The maximum atomic E-state index is 14.1. The van der Waals surface area contributed by atoms with Crippen LogP contribution in [0.3, 0.4) is 0 Å². The lowest BCUT2D eigenvalue weighted by Crippen LogP contribution is -2.66. The minimum absolute atomic E-state index is 0.0257. The Bertz CT molecular complexity index is 1180. The largest absolute Gasteiger partial charge is 0.407 e. The number of carbonyl (C=O) groups is 2. The zero-order chi connectivity index (χ0) is 30.3. The first-order valence-corrected chi connectivity index (χ1v) is 17.4. The van der Waals surface area contributed by atoms with Crippen LogP contribution in [0.4, 0.5) is 0 Å². The molecular weight excluding hydrogens is 524 g/mol. The maximum absolute atomic E-state index is 14.1. The highest BCUT2D eigenvalue weighted by molar-refractivity contribution is 6.99. The molecule has 4 nitrogen and oxygen atoms in total. The number of hydrogen-bond acceptors (Lipinski definition) is 4. The summed E-state index contributed by atoms with van der Waals surface area (Å²) in [5.74, 6) is -0.0322. The molecule has 2 aliphatic carbocycles. The highest BCUT2D eigenvalue weighted by Crippen LogP contribution is 2.67. The standard InChI is InChI=1S/C36H52O4Si/c1-32(2,3)41(27-16-11-9-12-17-27,28-18-13-10-14-19-28)40-23-22-35(7,39)24-29(38)31-34(6,26-37)25-30-33(4,5)20-15-21-36(30,31)8/h9-14,16-19,26,30-31,39H,15,20-25H2,1-8H3/t30-,31-,34-,35-,36-/m0/s1. The molecule has 41 heavy (non-hydrogen) atoms. The van der Waals surface area contributed by atoms with Crippen molar-refractivity contribution in [2.45, 2.75) is 105 Å². The summed E-state index contributed by atoms with van der Waals surface area (Å²) in [6, 6.07) is 21.0. The smallest absolute Gasteiger partial charge is 0.261 e. The van der Waals surface area contributed by atoms with E-state index in [1.165, 1.54) is 10.4 Å². The van der Waals surface area contributed by atoms with Gasteiger partial charge in [-0.3, -0.25) is 4.79 Å². The van der Waals surface area contributed by atoms with Gasteiger partial charge in [0.2, 0.25) is 0 Å². The Morgan fingerprint density at radius 3 is 1.98 bits per heavy atom. The van der Waals surface area contributed by atoms with Crippen LogP contribution in [0.5, 0.6) is 0 Å². The molecule has 0 aliphatic heterocycles. The molecule has 5 atom stereocenters. The van der Waals surface area contributed by atoms with Crippen molar-refractivity contribution >= 4 is 30.8 Å². The number of Topliss-reactive ketones (excluding diaryl/α,β-unsaturated/α-hetero) is 1. The first kappa shape index (κ1) is 31.8. The Labute approximate surface area is 249 Å². The lowest BCUT2D eigenvalue weighted by Gasteiger charge is -2.49. The summed E-state index contributed by atoms with van der Waals surface area (Å²) in [5, 5.41) is 13.9. The summed E-state index contributed by atoms with van der Waals surface area (Å²) in [6.07, 6.45) is 5.32. The van der Waals surface area contributed by atoms with Gasteiger partial charge in [0, 0.05) is 24.4 Å². The fourth-order valence-electron chi connectivity index (χ4n) is 8.93. The number of aldehydes is 1. The van der Waals surface area contributed by atoms with Gasteiger partial charge in [0.25, 0.3) is 8.32 Å². The molecular formula is C36H52O4Si. The molecule has 0 saturated heterocycles. The number of carbonyl (C=O) groups excluding carboxylic acids is 2. The van der Waals surface area contributed by atoms with Crippen LogP contribution in [0.1, 0.15) is 93.9 Å². The highest BCUT2D eigenvalue weighted by atomic mass is 28.4. The van der Waals surface area contributed by atoms with E-state index in [-0.39, 0.29) is 34.0 Å². The molecule has 0 bridgehead atoms. The Kier molecular flexibility index (Phi) is 8.70. The summed E-state index contributed by atoms with van der Waals surface area (Å²) < 4.78 is 7.02. The summed E-state index contributed by atoms with van der Waals surface area (Å²) in [6.45, 7) is 17.6. The molecule has 2 aromatic rings. The molecule has 4 rings (SSSR count). The van der Waals surface area contributed by atoms with Crippen LogP contribution >= 0.6 is 0 Å². The van der Waals surface area contributed by atoms with Crippen LogP contribution in [-0.2, 0) is 14.0 Å². The van der Waals surface area contributed by atoms with E-state index in [2.05, 4.69) is 90.1 Å². The Morgan fingerprint density at radius 2 is 1.49 bits per heavy atom. The second-order valence-electron chi connectivity index (χ2n) is 15.6. The Hall–Kier alpha value is -2.08. The van der Waals surface area contributed by atoms with Gasteiger partial charge in [0.15, 0.2) is 0 Å². The number of rotatable bonds is 10. The van der Waals surface area contributed by atoms with Crippen LogP contribution < -0.4 is 10.4 Å². The molecule has 2 saturated carbocycles. The number of aliphatic hydroxyl groups is 1. The average Bonchev–Trinajstić information content (AvgIpc) is 3.15. The third-order valence-corrected chi connectivity index (χ3v) is 15.8. The van der Waals surface area contributed by atoms with Gasteiger partial charge in [-0.1, -0.05) is 116 Å². The SMILES string of the molecule is CC1(C)CCC[C@]2(C)[C@@H](C(=O)C[C@@](C)(O)CCO[Si](c3ccccc3)(c3ccccc3)C(C)(C)C)[C@](C)(C=O)C[C@@H]12. The van der Waals surface area contributed by atoms with E-state index in [0.717, 1.165) is 32.0 Å². The normalized spacial score (nSPS) is 29.4. The molecule has 1 N–H and O–H groups in total. The van der Waals surface area contributed by atoms with Crippen LogP contribution in [0.15, 0.2) is 60.7 Å². The second-order valence-corrected chi connectivity index (χ2v) is 19.9. The van der Waals surface area contributed by atoms with Crippen molar-refractivity contribution in [3.63, 3.8) is 0 Å². The number of hydrogen-bond donors (Lipinski definition) is 1. The lowest BCUT2D eigenvalue weighted by molar-refractivity contribution is -0.140. The predicted molar refractivity (Wildman–Crippen MR) is 170 cm³/mol. The van der Waals surface area contributed by atoms with Crippen molar-refractivity contribution in [3.05, 3.63) is 60.7 Å². The molecule has 0 aromatic heterocycles. The zero-order valence-electron chi connectivity index (χ0n) is 26.6. The minimum Gasteiger partial charge on any atom is -0.407 e. The first-order valence-electron chi connectivity index (χ1n) is 15.5. The van der Waals surface area contributed by atoms with Crippen molar-refractivity contribution in [1.82, 2.24) is 0 Å². The van der Waals surface area contributed by atoms with Crippen molar-refractivity contribution in [2.24, 2.45) is 28.1 Å². The van der Waals surface area contributed by atoms with Gasteiger partial charge in [-0.15, -0.1) is 0 Å². The third-order valence-electron chi connectivity index (χ3n) is 10.8. The van der Waals surface area contributed by atoms with Gasteiger partial charge in [-0.2, -0.15) is 0 Å². The van der Waals surface area contributed by atoms with Crippen molar-refractivity contribution < 1.29 is 19.1 Å². The quantitative estimate of drug-likeness (QED) is 0.252. The van der Waals surface area contributed by atoms with E-state index in [1.54, 1.807) is 6.92 Å². The molecule has 0 spiro atoms.